The van der Waals surface area contributed by atoms with Gasteiger partial charge in [-0.2, -0.15) is 0 Å². The van der Waals surface area contributed by atoms with Crippen molar-refractivity contribution in [1.29, 1.82) is 0 Å². The van der Waals surface area contributed by atoms with Gasteiger partial charge in [0.05, 0.1) is 5.57 Å². The number of esters is 2. The third-order valence-corrected chi connectivity index (χ3v) is 2.16. The Morgan fingerprint density at radius 2 is 1.82 bits per heavy atom. The maximum atomic E-state index is 11.0. The zero-order chi connectivity index (χ0) is 7.84. The topological polar surface area (TPSA) is 47.7 Å². The monoisotopic (exact) mass is 153 g/mol. The summed E-state index contributed by atoms with van der Waals surface area (Å²) in [5.41, 5.74) is 1.43. The molecule has 0 saturated heterocycles. The maximum absolute atomic E-state index is 11.0. The Bertz CT molecular complexity index is 237. The molecular formula is C8H9O3+. The van der Waals surface area contributed by atoms with Gasteiger partial charge in [-0.15, -0.1) is 0 Å². The van der Waals surface area contributed by atoms with Crippen LogP contribution >= 0.6 is 0 Å². The standard InChI is InChI=1S/C8H8O3/c9-7-5-3-1-2-4-6(5)8(10)11-7/h1-4H2/p+1. The Morgan fingerprint density at radius 1 is 1.18 bits per heavy atom. The Labute approximate surface area is 64.0 Å². The van der Waals surface area contributed by atoms with E-state index in [2.05, 4.69) is 4.74 Å². The lowest BCUT2D eigenvalue weighted by atomic mass is 9.93. The predicted octanol–water partition coefficient (Wildman–Crippen LogP) is 0.916. The summed E-state index contributed by atoms with van der Waals surface area (Å²) in [5, 5.41) is 0. The largest absolute Gasteiger partial charge is 0.523 e. The molecule has 0 fully saturated rings. The third kappa shape index (κ3) is 0.878. The first-order chi connectivity index (χ1) is 5.29. The number of cyclic esters (lactones) is 2. The van der Waals surface area contributed by atoms with Crippen LogP contribution in [0.2, 0.25) is 0 Å². The van der Waals surface area contributed by atoms with Gasteiger partial charge in [-0.1, -0.05) is 0 Å². The lowest BCUT2D eigenvalue weighted by molar-refractivity contribution is -0.130. The van der Waals surface area contributed by atoms with Crippen LogP contribution in [0.15, 0.2) is 11.1 Å². The summed E-state index contributed by atoms with van der Waals surface area (Å²) >= 11 is 0. The van der Waals surface area contributed by atoms with Crippen LogP contribution in [-0.2, 0) is 9.53 Å². The second-order valence-corrected chi connectivity index (χ2v) is 2.86. The van der Waals surface area contributed by atoms with Gasteiger partial charge < -0.3 is 4.79 Å². The molecule has 0 radical (unpaired) electrons. The van der Waals surface area contributed by atoms with E-state index in [9.17, 15) is 4.79 Å². The van der Waals surface area contributed by atoms with Gasteiger partial charge >= 0.3 is 11.9 Å². The molecule has 1 heterocycles. The van der Waals surface area contributed by atoms with Crippen LogP contribution in [0.4, 0.5) is 0 Å². The lowest BCUT2D eigenvalue weighted by Gasteiger charge is -2.04. The van der Waals surface area contributed by atoms with E-state index in [0.29, 0.717) is 5.57 Å². The minimum Gasteiger partial charge on any atom is -0.335 e. The Hall–Kier alpha value is -1.12. The molecule has 0 bridgehead atoms. The normalized spacial score (nSPS) is 23.6. The summed E-state index contributed by atoms with van der Waals surface area (Å²) in [5.74, 6) is -0.512. The van der Waals surface area contributed by atoms with E-state index in [0.717, 1.165) is 31.3 Å². The number of carbonyl (C=O) groups excluding carboxylic acids is 2. The SMILES string of the molecule is O=C1OC(=[OH+])C2=C1CCCC2. The quantitative estimate of drug-likeness (QED) is 0.295. The van der Waals surface area contributed by atoms with Gasteiger partial charge in [0, 0.05) is 0 Å². The second-order valence-electron chi connectivity index (χ2n) is 2.86. The first-order valence-electron chi connectivity index (χ1n) is 3.79. The van der Waals surface area contributed by atoms with Gasteiger partial charge in [0.15, 0.2) is 0 Å². The fraction of sp³-hybridized carbons (Fsp3) is 0.500. The summed E-state index contributed by atoms with van der Waals surface area (Å²) in [6.07, 6.45) is 3.62. The van der Waals surface area contributed by atoms with Crippen molar-refractivity contribution < 1.29 is 14.3 Å². The number of hydrogen-bond acceptors (Lipinski definition) is 2. The zero-order valence-corrected chi connectivity index (χ0v) is 6.09. The molecule has 58 valence electrons. The van der Waals surface area contributed by atoms with Crippen molar-refractivity contribution in [2.45, 2.75) is 25.7 Å². The molecule has 0 saturated carbocycles. The lowest BCUT2D eigenvalue weighted by Crippen LogP contribution is -2.02. The van der Waals surface area contributed by atoms with Gasteiger partial charge in [0.2, 0.25) is 0 Å². The number of rotatable bonds is 0. The Balaban J connectivity index is 2.40. The summed E-state index contributed by atoms with van der Waals surface area (Å²) < 4.78 is 4.57. The van der Waals surface area contributed by atoms with Crippen LogP contribution in [0.25, 0.3) is 0 Å². The maximum Gasteiger partial charge on any atom is 0.523 e. The van der Waals surface area contributed by atoms with Crippen molar-refractivity contribution in [3.8, 4) is 0 Å². The van der Waals surface area contributed by atoms with Gasteiger partial charge in [0.1, 0.15) is 5.57 Å². The minimum absolute atomic E-state index is 0.162. The highest BCUT2D eigenvalue weighted by Crippen LogP contribution is 2.30. The van der Waals surface area contributed by atoms with E-state index in [-0.39, 0.29) is 11.9 Å². The van der Waals surface area contributed by atoms with E-state index < -0.39 is 0 Å². The summed E-state index contributed by atoms with van der Waals surface area (Å²) in [6, 6.07) is 0. The van der Waals surface area contributed by atoms with Crippen LogP contribution in [0.3, 0.4) is 0 Å². The van der Waals surface area contributed by atoms with Crippen LogP contribution in [0.5, 0.6) is 0 Å². The van der Waals surface area contributed by atoms with Gasteiger partial charge in [-0.25, -0.2) is 9.53 Å². The second kappa shape index (κ2) is 2.19. The van der Waals surface area contributed by atoms with Crippen molar-refractivity contribution in [1.82, 2.24) is 0 Å². The fourth-order valence-electron chi connectivity index (χ4n) is 1.58. The number of hydrogen-bond donors (Lipinski definition) is 0. The van der Waals surface area contributed by atoms with Crippen LogP contribution < -0.4 is 0 Å². The fourth-order valence-corrected chi connectivity index (χ4v) is 1.58. The van der Waals surface area contributed by atoms with E-state index in [1.54, 1.807) is 0 Å². The van der Waals surface area contributed by atoms with E-state index in [1.807, 2.05) is 0 Å². The molecule has 1 aliphatic heterocycles. The molecule has 1 aliphatic carbocycles. The molecule has 0 spiro atoms. The molecule has 3 heteroatoms. The number of carbonyl (C=O) groups is 1. The highest BCUT2D eigenvalue weighted by molar-refractivity contribution is 6.12. The van der Waals surface area contributed by atoms with Gasteiger partial charge in [0.25, 0.3) is 0 Å². The van der Waals surface area contributed by atoms with Crippen molar-refractivity contribution in [3.05, 3.63) is 11.1 Å². The van der Waals surface area contributed by atoms with Crippen LogP contribution in [0, 0.1) is 0 Å². The van der Waals surface area contributed by atoms with E-state index in [4.69, 9.17) is 4.79 Å². The molecule has 2 aliphatic rings. The molecule has 0 aromatic heterocycles. The molecule has 11 heavy (non-hydrogen) atoms. The highest BCUT2D eigenvalue weighted by Gasteiger charge is 2.41. The summed E-state index contributed by atoms with van der Waals surface area (Å²) in [7, 11) is 0. The van der Waals surface area contributed by atoms with Gasteiger partial charge in [-0.3, -0.25) is 0 Å². The van der Waals surface area contributed by atoms with Crippen molar-refractivity contribution in [3.63, 3.8) is 0 Å². The average Bonchev–Trinajstić information content (AvgIpc) is 2.30. The average molecular weight is 153 g/mol. The molecule has 0 atom stereocenters. The molecule has 0 unspecified atom stereocenters. The molecule has 0 aromatic carbocycles. The minimum atomic E-state index is -0.350. The summed E-state index contributed by atoms with van der Waals surface area (Å²) in [4.78, 5) is 20.1. The van der Waals surface area contributed by atoms with Gasteiger partial charge in [-0.05, 0) is 25.7 Å². The Kier molecular flexibility index (Phi) is 1.31. The van der Waals surface area contributed by atoms with E-state index >= 15 is 0 Å². The highest BCUT2D eigenvalue weighted by atomic mass is 16.6. The number of ether oxygens (including phenoxy) is 1. The summed E-state index contributed by atoms with van der Waals surface area (Å²) in [6.45, 7) is 0. The first-order valence-corrected chi connectivity index (χ1v) is 3.79. The molecule has 0 aromatic rings. The van der Waals surface area contributed by atoms with Crippen LogP contribution in [0.1, 0.15) is 25.7 Å². The first kappa shape index (κ1) is 6.58. The molecular weight excluding hydrogens is 144 g/mol. The van der Waals surface area contributed by atoms with Crippen molar-refractivity contribution in [2.75, 3.05) is 0 Å². The third-order valence-electron chi connectivity index (χ3n) is 2.16. The molecule has 2 rings (SSSR count). The van der Waals surface area contributed by atoms with Crippen LogP contribution in [-0.4, -0.2) is 16.7 Å². The van der Waals surface area contributed by atoms with E-state index in [1.165, 1.54) is 0 Å². The Morgan fingerprint density at radius 3 is 2.45 bits per heavy atom. The molecule has 1 N–H and O–H groups in total. The van der Waals surface area contributed by atoms with Crippen molar-refractivity contribution >= 4 is 11.9 Å². The molecule has 3 nitrogen and oxygen atoms in total. The predicted molar refractivity (Wildman–Crippen MR) is 38.5 cm³/mol. The van der Waals surface area contributed by atoms with Crippen molar-refractivity contribution in [2.24, 2.45) is 0 Å². The molecule has 0 amide bonds. The smallest absolute Gasteiger partial charge is 0.335 e. The zero-order valence-electron chi connectivity index (χ0n) is 6.09.